The van der Waals surface area contributed by atoms with Gasteiger partial charge >= 0.3 is 12.4 Å². The highest BCUT2D eigenvalue weighted by Gasteiger charge is 2.57. The molecule has 12 heteroatoms. The molecular formula is C13H13F6N5O. The predicted molar refractivity (Wildman–Crippen MR) is 73.3 cm³/mol. The molecule has 0 aliphatic heterocycles. The number of halogens is 6. The van der Waals surface area contributed by atoms with E-state index in [-0.39, 0.29) is 0 Å². The van der Waals surface area contributed by atoms with E-state index >= 15 is 0 Å². The molecule has 0 aliphatic carbocycles. The smallest absolute Gasteiger partial charge is 0.374 e. The van der Waals surface area contributed by atoms with Gasteiger partial charge in [0, 0.05) is 38.6 Å². The van der Waals surface area contributed by atoms with Crippen molar-refractivity contribution in [3.05, 3.63) is 36.2 Å². The summed E-state index contributed by atoms with van der Waals surface area (Å²) in [5.41, 5.74) is -4.51. The number of rotatable bonds is 5. The fourth-order valence-electron chi connectivity index (χ4n) is 2.10. The minimum atomic E-state index is -5.04. The van der Waals surface area contributed by atoms with Gasteiger partial charge in [0.1, 0.15) is 11.5 Å². The second-order valence-corrected chi connectivity index (χ2v) is 5.16. The summed E-state index contributed by atoms with van der Waals surface area (Å²) in [6.07, 6.45) is -7.50. The first-order valence-corrected chi connectivity index (χ1v) is 6.86. The highest BCUT2D eigenvalue weighted by atomic mass is 19.4. The van der Waals surface area contributed by atoms with Crippen LogP contribution in [0.3, 0.4) is 0 Å². The number of hydrogen-bond donors (Lipinski definition) is 2. The van der Waals surface area contributed by atoms with Gasteiger partial charge in [-0.15, -0.1) is 0 Å². The molecule has 6 nitrogen and oxygen atoms in total. The van der Waals surface area contributed by atoms with Crippen LogP contribution in [-0.2, 0) is 18.8 Å². The van der Waals surface area contributed by atoms with Crippen LogP contribution >= 0.6 is 0 Å². The van der Waals surface area contributed by atoms with Gasteiger partial charge in [0.05, 0.1) is 0 Å². The van der Waals surface area contributed by atoms with Crippen LogP contribution in [0.25, 0.3) is 0 Å². The maximum Gasteiger partial charge on any atom is 0.433 e. The molecule has 2 aromatic heterocycles. The summed E-state index contributed by atoms with van der Waals surface area (Å²) in [6, 6.07) is 0.630. The molecule has 25 heavy (non-hydrogen) atoms. The molecule has 0 amide bonds. The third kappa shape index (κ3) is 4.00. The summed E-state index contributed by atoms with van der Waals surface area (Å²) in [6.45, 7) is -0.538. The van der Waals surface area contributed by atoms with Crippen LogP contribution in [-0.4, -0.2) is 37.3 Å². The lowest BCUT2D eigenvalue weighted by Crippen LogP contribution is -2.45. The van der Waals surface area contributed by atoms with Crippen LogP contribution < -0.4 is 5.32 Å². The number of anilines is 1. The van der Waals surface area contributed by atoms with E-state index in [1.807, 2.05) is 0 Å². The van der Waals surface area contributed by atoms with E-state index < -0.39 is 48.4 Å². The van der Waals surface area contributed by atoms with E-state index in [1.54, 1.807) is 0 Å². The van der Waals surface area contributed by atoms with Crippen molar-refractivity contribution < 1.29 is 31.4 Å². The van der Waals surface area contributed by atoms with Crippen LogP contribution in [0.2, 0.25) is 0 Å². The highest BCUT2D eigenvalue weighted by Crippen LogP contribution is 2.40. The fraction of sp³-hybridized carbons (Fsp3) is 0.462. The third-order valence-corrected chi connectivity index (χ3v) is 3.38. The van der Waals surface area contributed by atoms with Gasteiger partial charge in [0.15, 0.2) is 0 Å². The largest absolute Gasteiger partial charge is 0.433 e. The Kier molecular flexibility index (Phi) is 4.93. The topological polar surface area (TPSA) is 75.9 Å². The Morgan fingerprint density at radius 1 is 1.12 bits per heavy atom. The Labute approximate surface area is 137 Å². The molecule has 0 fully saturated rings. The van der Waals surface area contributed by atoms with Crippen LogP contribution in [0.5, 0.6) is 0 Å². The average molecular weight is 369 g/mol. The first kappa shape index (κ1) is 19.0. The molecule has 2 aromatic rings. The first-order valence-electron chi connectivity index (χ1n) is 6.86. The van der Waals surface area contributed by atoms with Gasteiger partial charge in [0.25, 0.3) is 0 Å². The van der Waals surface area contributed by atoms with Gasteiger partial charge in [-0.2, -0.15) is 26.3 Å². The van der Waals surface area contributed by atoms with Gasteiger partial charge in [-0.1, -0.05) is 0 Å². The lowest BCUT2D eigenvalue weighted by atomic mass is 9.97. The fourth-order valence-corrected chi connectivity index (χ4v) is 2.10. The van der Waals surface area contributed by atoms with E-state index in [9.17, 15) is 31.4 Å². The Morgan fingerprint density at radius 3 is 2.32 bits per heavy atom. The number of nitrogens with zero attached hydrogens (tertiary/aromatic N) is 4. The molecule has 1 atom stereocenters. The van der Waals surface area contributed by atoms with Gasteiger partial charge in [-0.3, -0.25) is 0 Å². The van der Waals surface area contributed by atoms with E-state index in [1.165, 1.54) is 13.2 Å². The van der Waals surface area contributed by atoms with Gasteiger partial charge in [-0.25, -0.2) is 15.0 Å². The monoisotopic (exact) mass is 369 g/mol. The summed E-state index contributed by atoms with van der Waals surface area (Å²) >= 11 is 0. The summed E-state index contributed by atoms with van der Waals surface area (Å²) in [5.74, 6) is -1.13. The quantitative estimate of drug-likeness (QED) is 0.792. The number of aliphatic hydroxyl groups is 1. The molecule has 0 aliphatic rings. The third-order valence-electron chi connectivity index (χ3n) is 3.38. The average Bonchev–Trinajstić information content (AvgIpc) is 2.92. The molecule has 138 valence electrons. The molecule has 0 spiro atoms. The molecule has 0 unspecified atom stereocenters. The zero-order valence-electron chi connectivity index (χ0n) is 12.7. The molecule has 0 aromatic carbocycles. The Hall–Kier alpha value is -2.37. The Bertz CT molecular complexity index is 728. The second kappa shape index (κ2) is 6.50. The summed E-state index contributed by atoms with van der Waals surface area (Å²) in [7, 11) is 1.28. The van der Waals surface area contributed by atoms with Crippen molar-refractivity contribution in [1.29, 1.82) is 0 Å². The van der Waals surface area contributed by atoms with Crippen molar-refractivity contribution >= 4 is 5.95 Å². The maximum atomic E-state index is 13.3. The lowest BCUT2D eigenvalue weighted by molar-refractivity contribution is -0.271. The van der Waals surface area contributed by atoms with Crippen LogP contribution in [0.15, 0.2) is 24.7 Å². The van der Waals surface area contributed by atoms with Gasteiger partial charge in [0.2, 0.25) is 11.5 Å². The number of aryl methyl sites for hydroxylation is 1. The van der Waals surface area contributed by atoms with Gasteiger partial charge in [-0.05, 0) is 6.07 Å². The molecule has 0 saturated heterocycles. The maximum absolute atomic E-state index is 13.3. The van der Waals surface area contributed by atoms with Crippen molar-refractivity contribution in [2.45, 2.75) is 24.4 Å². The summed E-state index contributed by atoms with van der Waals surface area (Å²) < 4.78 is 78.5. The van der Waals surface area contributed by atoms with Crippen molar-refractivity contribution in [3.8, 4) is 0 Å². The van der Waals surface area contributed by atoms with Gasteiger partial charge < -0.3 is 15.0 Å². The molecule has 2 heterocycles. The summed E-state index contributed by atoms with van der Waals surface area (Å²) in [4.78, 5) is 10.2. The summed E-state index contributed by atoms with van der Waals surface area (Å²) in [5, 5.41) is 12.3. The molecule has 0 radical (unpaired) electrons. The van der Waals surface area contributed by atoms with Crippen LogP contribution in [0.4, 0.5) is 32.3 Å². The highest BCUT2D eigenvalue weighted by molar-refractivity contribution is 5.26. The minimum absolute atomic E-state index is 0.501. The van der Waals surface area contributed by atoms with Crippen molar-refractivity contribution in [1.82, 2.24) is 19.5 Å². The molecular weight excluding hydrogens is 356 g/mol. The number of hydrogen-bond acceptors (Lipinski definition) is 5. The van der Waals surface area contributed by atoms with Crippen molar-refractivity contribution in [2.24, 2.45) is 7.05 Å². The number of alkyl halides is 6. The number of aromatic nitrogens is 4. The zero-order valence-corrected chi connectivity index (χ0v) is 12.7. The molecule has 0 bridgehead atoms. The lowest BCUT2D eigenvalue weighted by Gasteiger charge is -2.29. The number of nitrogens with one attached hydrogen (secondary N) is 1. The predicted octanol–water partition coefficient (Wildman–Crippen LogP) is 2.48. The molecule has 0 saturated carbocycles. The zero-order chi connectivity index (χ0) is 18.9. The normalized spacial score (nSPS) is 15.0. The number of imidazole rings is 1. The van der Waals surface area contributed by atoms with E-state index in [2.05, 4.69) is 20.3 Å². The van der Waals surface area contributed by atoms with E-state index in [0.29, 0.717) is 6.07 Å². The van der Waals surface area contributed by atoms with Crippen LogP contribution in [0, 0.1) is 0 Å². The van der Waals surface area contributed by atoms with E-state index in [0.717, 1.165) is 17.0 Å². The first-order chi connectivity index (χ1) is 11.4. The molecule has 2 N–H and O–H groups in total. The Morgan fingerprint density at radius 2 is 1.80 bits per heavy atom. The second-order valence-electron chi connectivity index (χ2n) is 5.16. The molecule has 2 rings (SSSR count). The van der Waals surface area contributed by atoms with Crippen molar-refractivity contribution in [2.75, 3.05) is 11.9 Å². The minimum Gasteiger partial charge on any atom is -0.374 e. The van der Waals surface area contributed by atoms with Crippen LogP contribution in [0.1, 0.15) is 17.9 Å². The van der Waals surface area contributed by atoms with E-state index in [4.69, 9.17) is 0 Å². The standard InChI is InChI=1S/C13H13F6N5O/c1-24-7-6-20-9(24)11(25,13(17,18)19)3-5-22-10-21-4-2-8(23-10)12(14,15)16/h2,4,6-7,25H,3,5H2,1H3,(H,21,22,23)/t11-/m0/s1. The SMILES string of the molecule is Cn1ccnc1[C@@](O)(CCNc1nccc(C(F)(F)F)n1)C(F)(F)F. The van der Waals surface area contributed by atoms with Crippen molar-refractivity contribution in [3.63, 3.8) is 0 Å². The Balaban J connectivity index is 2.14.